The summed E-state index contributed by atoms with van der Waals surface area (Å²) in [6.45, 7) is 6.94. The number of carbonyl (C=O) groups is 1. The molecule has 1 aromatic heterocycles. The Balaban J connectivity index is 1.75. The second-order valence-corrected chi connectivity index (χ2v) is 8.53. The summed E-state index contributed by atoms with van der Waals surface area (Å²) in [5.41, 5.74) is 3.76. The molecule has 8 heteroatoms. The molecule has 2 aromatic carbocycles. The van der Waals surface area contributed by atoms with Crippen LogP contribution in [-0.4, -0.2) is 35.6 Å². The summed E-state index contributed by atoms with van der Waals surface area (Å²) in [5.74, 6) is -0.390. The van der Waals surface area contributed by atoms with E-state index in [0.29, 0.717) is 6.42 Å². The second kappa shape index (κ2) is 9.65. The van der Waals surface area contributed by atoms with Gasteiger partial charge in [-0.1, -0.05) is 18.2 Å². The molecule has 0 saturated heterocycles. The Morgan fingerprint density at radius 1 is 1.16 bits per heavy atom. The first-order valence-electron chi connectivity index (χ1n) is 10.1. The largest absolute Gasteiger partial charge is 0.416 e. The zero-order valence-corrected chi connectivity index (χ0v) is 19.1. The minimum Gasteiger partial charge on any atom is -0.366 e. The monoisotopic (exact) mass is 459 g/mol. The first-order chi connectivity index (χ1) is 15.1. The summed E-state index contributed by atoms with van der Waals surface area (Å²) < 4.78 is 38.2. The minimum atomic E-state index is -4.43. The van der Waals surface area contributed by atoms with E-state index in [1.165, 1.54) is 23.5 Å². The summed E-state index contributed by atoms with van der Waals surface area (Å²) in [7, 11) is 1.96. The number of rotatable bonds is 7. The number of ketones is 1. The summed E-state index contributed by atoms with van der Waals surface area (Å²) in [5, 5.41) is 2.42. The first kappa shape index (κ1) is 23.7. The highest BCUT2D eigenvalue weighted by Gasteiger charge is 2.30. The Kier molecular flexibility index (Phi) is 7.13. The Hall–Kier alpha value is -3.00. The number of aryl methyl sites for hydroxylation is 2. The molecule has 1 heterocycles. The van der Waals surface area contributed by atoms with Crippen molar-refractivity contribution >= 4 is 29.1 Å². The molecule has 0 fully saturated rings. The number of thiazole rings is 1. The van der Waals surface area contributed by atoms with Gasteiger partial charge in [-0.15, -0.1) is 11.3 Å². The lowest BCUT2D eigenvalue weighted by Crippen LogP contribution is -2.14. The van der Waals surface area contributed by atoms with Crippen LogP contribution in [0.1, 0.15) is 50.2 Å². The third-order valence-electron chi connectivity index (χ3n) is 5.15. The van der Waals surface area contributed by atoms with Crippen molar-refractivity contribution in [1.82, 2.24) is 9.88 Å². The molecular formula is C24H24F3N3OS. The lowest BCUT2D eigenvalue weighted by atomic mass is 10.0. The molecule has 0 unspecified atom stereocenters. The lowest BCUT2D eigenvalue weighted by Gasteiger charge is -2.11. The van der Waals surface area contributed by atoms with Gasteiger partial charge < -0.3 is 4.90 Å². The topological polar surface area (TPSA) is 45.6 Å². The van der Waals surface area contributed by atoms with Crippen LogP contribution in [0.5, 0.6) is 0 Å². The molecule has 0 amide bonds. The Morgan fingerprint density at radius 2 is 1.84 bits per heavy atom. The average Bonchev–Trinajstić information content (AvgIpc) is 3.22. The number of aromatic nitrogens is 1. The van der Waals surface area contributed by atoms with Crippen LogP contribution in [0.25, 0.3) is 0 Å². The lowest BCUT2D eigenvalue weighted by molar-refractivity contribution is -0.137. The van der Waals surface area contributed by atoms with E-state index < -0.39 is 11.7 Å². The maximum absolute atomic E-state index is 12.7. The SMILES string of the molecule is CCN(C)/C=N/c1cc(C)c(Cc2nc(C(=O)c3ccc(C(F)(F)F)cc3)cs2)cc1C. The van der Waals surface area contributed by atoms with E-state index in [1.54, 1.807) is 11.7 Å². The molecule has 0 spiro atoms. The van der Waals surface area contributed by atoms with Crippen molar-refractivity contribution in [3.8, 4) is 0 Å². The zero-order valence-electron chi connectivity index (χ0n) is 18.3. The maximum Gasteiger partial charge on any atom is 0.416 e. The normalized spacial score (nSPS) is 11.8. The van der Waals surface area contributed by atoms with Gasteiger partial charge in [-0.3, -0.25) is 4.79 Å². The molecule has 0 saturated carbocycles. The van der Waals surface area contributed by atoms with Gasteiger partial charge in [0.05, 0.1) is 22.6 Å². The zero-order chi connectivity index (χ0) is 23.5. The van der Waals surface area contributed by atoms with Gasteiger partial charge >= 0.3 is 6.18 Å². The van der Waals surface area contributed by atoms with Gasteiger partial charge in [-0.2, -0.15) is 13.2 Å². The van der Waals surface area contributed by atoms with Crippen LogP contribution in [-0.2, 0) is 12.6 Å². The standard InChI is InChI=1S/C24H24F3N3OS/c1-5-30(4)14-28-20-11-15(2)18(10-16(20)3)12-22-29-21(13-32-22)23(31)17-6-8-19(9-7-17)24(25,26)27/h6-11,13-14H,5,12H2,1-4H3/b28-14+. The second-order valence-electron chi connectivity index (χ2n) is 7.59. The molecule has 0 radical (unpaired) electrons. The molecule has 3 aromatic rings. The van der Waals surface area contributed by atoms with Gasteiger partial charge in [-0.05, 0) is 55.7 Å². The number of alkyl halides is 3. The van der Waals surface area contributed by atoms with Crippen molar-refractivity contribution in [2.24, 2.45) is 4.99 Å². The number of carbonyl (C=O) groups excluding carboxylic acids is 1. The van der Waals surface area contributed by atoms with Gasteiger partial charge in [0.15, 0.2) is 0 Å². The molecule has 0 aliphatic carbocycles. The van der Waals surface area contributed by atoms with Crippen LogP contribution in [0.3, 0.4) is 0 Å². The molecule has 0 atom stereocenters. The molecule has 168 valence electrons. The average molecular weight is 460 g/mol. The number of hydrogen-bond donors (Lipinski definition) is 0. The predicted molar refractivity (Wildman–Crippen MR) is 122 cm³/mol. The third kappa shape index (κ3) is 5.62. The van der Waals surface area contributed by atoms with Gasteiger partial charge in [0.1, 0.15) is 5.69 Å². The van der Waals surface area contributed by atoms with E-state index in [-0.39, 0.29) is 17.0 Å². The fraction of sp³-hybridized carbons (Fsp3) is 0.292. The predicted octanol–water partition coefficient (Wildman–Crippen LogP) is 6.21. The first-order valence-corrected chi connectivity index (χ1v) is 11.0. The number of halogens is 3. The molecule has 0 aliphatic rings. The van der Waals surface area contributed by atoms with Crippen molar-refractivity contribution in [3.63, 3.8) is 0 Å². The fourth-order valence-corrected chi connectivity index (χ4v) is 3.85. The highest BCUT2D eigenvalue weighted by atomic mass is 32.1. The quantitative estimate of drug-likeness (QED) is 0.240. The van der Waals surface area contributed by atoms with Crippen LogP contribution in [0.4, 0.5) is 18.9 Å². The highest BCUT2D eigenvalue weighted by Crippen LogP contribution is 2.30. The molecule has 3 rings (SSSR count). The Morgan fingerprint density at radius 3 is 2.47 bits per heavy atom. The summed E-state index contributed by atoms with van der Waals surface area (Å²) in [6.07, 6.45) is -2.06. The summed E-state index contributed by atoms with van der Waals surface area (Å²) >= 11 is 1.36. The van der Waals surface area contributed by atoms with Crippen molar-refractivity contribution in [2.45, 2.75) is 33.4 Å². The number of nitrogens with zero attached hydrogens (tertiary/aromatic N) is 3. The van der Waals surface area contributed by atoms with E-state index in [2.05, 4.69) is 23.0 Å². The van der Waals surface area contributed by atoms with Crippen LogP contribution in [0, 0.1) is 13.8 Å². The van der Waals surface area contributed by atoms with Crippen molar-refractivity contribution in [1.29, 1.82) is 0 Å². The Bertz CT molecular complexity index is 1130. The third-order valence-corrected chi connectivity index (χ3v) is 6.00. The molecule has 32 heavy (non-hydrogen) atoms. The summed E-state index contributed by atoms with van der Waals surface area (Å²) in [4.78, 5) is 23.6. The van der Waals surface area contributed by atoms with Crippen molar-refractivity contribution < 1.29 is 18.0 Å². The van der Waals surface area contributed by atoms with E-state index >= 15 is 0 Å². The van der Waals surface area contributed by atoms with Crippen LogP contribution in [0.15, 0.2) is 46.8 Å². The van der Waals surface area contributed by atoms with Crippen molar-refractivity contribution in [2.75, 3.05) is 13.6 Å². The van der Waals surface area contributed by atoms with E-state index in [4.69, 9.17) is 0 Å². The maximum atomic E-state index is 12.7. The smallest absolute Gasteiger partial charge is 0.366 e. The van der Waals surface area contributed by atoms with Crippen molar-refractivity contribution in [3.05, 3.63) is 80.3 Å². The van der Waals surface area contributed by atoms with Gasteiger partial charge in [-0.25, -0.2) is 9.98 Å². The van der Waals surface area contributed by atoms with Crippen LogP contribution >= 0.6 is 11.3 Å². The van der Waals surface area contributed by atoms with E-state index in [0.717, 1.165) is 46.1 Å². The summed E-state index contributed by atoms with van der Waals surface area (Å²) in [6, 6.07) is 8.31. The van der Waals surface area contributed by atoms with Crippen LogP contribution in [0.2, 0.25) is 0 Å². The van der Waals surface area contributed by atoms with Gasteiger partial charge in [0, 0.05) is 31.0 Å². The van der Waals surface area contributed by atoms with E-state index in [9.17, 15) is 18.0 Å². The number of hydrogen-bond acceptors (Lipinski definition) is 4. The molecular weight excluding hydrogens is 435 g/mol. The van der Waals surface area contributed by atoms with Gasteiger partial charge in [0.2, 0.25) is 5.78 Å². The molecule has 0 aliphatic heterocycles. The van der Waals surface area contributed by atoms with Gasteiger partial charge in [0.25, 0.3) is 0 Å². The molecule has 0 bridgehead atoms. The van der Waals surface area contributed by atoms with E-state index in [1.807, 2.05) is 31.9 Å². The Labute approximate surface area is 189 Å². The highest BCUT2D eigenvalue weighted by molar-refractivity contribution is 7.09. The molecule has 0 N–H and O–H groups in total. The fourth-order valence-electron chi connectivity index (χ4n) is 3.05. The number of benzene rings is 2. The minimum absolute atomic E-state index is 0.182. The van der Waals surface area contributed by atoms with Crippen LogP contribution < -0.4 is 0 Å². The number of aliphatic imine (C=N–C) groups is 1. The molecule has 4 nitrogen and oxygen atoms in total.